The molecule has 0 aliphatic heterocycles. The van der Waals surface area contributed by atoms with Crippen molar-refractivity contribution in [3.63, 3.8) is 0 Å². The molecular formula is C15H21ClN2O2. The second kappa shape index (κ2) is 6.29. The minimum atomic E-state index is -0.640. The molecule has 0 unspecified atom stereocenters. The number of para-hydroxylation sites is 1. The Morgan fingerprint density at radius 1 is 1.35 bits per heavy atom. The summed E-state index contributed by atoms with van der Waals surface area (Å²) in [7, 11) is 0. The standard InChI is InChI=1S/C15H20N2O2.ClH/c1-15(2,3)19-14(18)12(16)8-10-9-17-13-7-5-4-6-11(10)13;/h4-7,9,12,17H,8,16H2,1-3H3;1H/t12-;/m1./s1. The van der Waals surface area contributed by atoms with Crippen LogP contribution >= 0.6 is 12.4 Å². The highest BCUT2D eigenvalue weighted by Gasteiger charge is 2.23. The quantitative estimate of drug-likeness (QED) is 0.856. The molecule has 3 N–H and O–H groups in total. The molecule has 0 fully saturated rings. The van der Waals surface area contributed by atoms with Gasteiger partial charge in [0.15, 0.2) is 0 Å². The fourth-order valence-electron chi connectivity index (χ4n) is 2.00. The second-order valence-electron chi connectivity index (χ2n) is 5.70. The number of benzene rings is 1. The lowest BCUT2D eigenvalue weighted by atomic mass is 10.1. The molecule has 1 atom stereocenters. The molecular weight excluding hydrogens is 276 g/mol. The molecule has 5 heteroatoms. The number of rotatable bonds is 3. The van der Waals surface area contributed by atoms with Gasteiger partial charge in [-0.2, -0.15) is 0 Å². The highest BCUT2D eigenvalue weighted by atomic mass is 35.5. The molecule has 0 aliphatic rings. The highest BCUT2D eigenvalue weighted by Crippen LogP contribution is 2.19. The Hall–Kier alpha value is -1.52. The maximum absolute atomic E-state index is 11.9. The van der Waals surface area contributed by atoms with Crippen molar-refractivity contribution in [1.29, 1.82) is 0 Å². The van der Waals surface area contributed by atoms with Crippen LogP contribution in [0.2, 0.25) is 0 Å². The molecule has 110 valence electrons. The van der Waals surface area contributed by atoms with Gasteiger partial charge in [0.2, 0.25) is 0 Å². The number of esters is 1. The van der Waals surface area contributed by atoms with E-state index in [-0.39, 0.29) is 18.4 Å². The molecule has 2 rings (SSSR count). The first-order valence-electron chi connectivity index (χ1n) is 6.40. The average molecular weight is 297 g/mol. The molecule has 0 radical (unpaired) electrons. The molecule has 0 aliphatic carbocycles. The van der Waals surface area contributed by atoms with E-state index in [1.807, 2.05) is 51.2 Å². The van der Waals surface area contributed by atoms with E-state index in [0.29, 0.717) is 6.42 Å². The van der Waals surface area contributed by atoms with Crippen LogP contribution in [0.25, 0.3) is 10.9 Å². The Morgan fingerprint density at radius 2 is 2.00 bits per heavy atom. The number of fused-ring (bicyclic) bond motifs is 1. The van der Waals surface area contributed by atoms with Gasteiger partial charge >= 0.3 is 5.97 Å². The molecule has 20 heavy (non-hydrogen) atoms. The third-order valence-electron chi connectivity index (χ3n) is 2.82. The largest absolute Gasteiger partial charge is 0.459 e. The molecule has 0 spiro atoms. The summed E-state index contributed by atoms with van der Waals surface area (Å²) in [5, 5.41) is 1.10. The number of nitrogens with one attached hydrogen (secondary N) is 1. The van der Waals surface area contributed by atoms with Crippen LogP contribution in [0.4, 0.5) is 0 Å². The predicted molar refractivity (Wildman–Crippen MR) is 83.1 cm³/mol. The fraction of sp³-hybridized carbons (Fsp3) is 0.400. The number of nitrogens with two attached hydrogens (primary N) is 1. The van der Waals surface area contributed by atoms with Gasteiger partial charge in [0.25, 0.3) is 0 Å². The number of aromatic amines is 1. The van der Waals surface area contributed by atoms with Crippen molar-refractivity contribution < 1.29 is 9.53 Å². The summed E-state index contributed by atoms with van der Waals surface area (Å²) in [4.78, 5) is 15.0. The first-order valence-corrected chi connectivity index (χ1v) is 6.40. The van der Waals surface area contributed by atoms with Gasteiger partial charge in [0.1, 0.15) is 11.6 Å². The number of hydrogen-bond donors (Lipinski definition) is 2. The van der Waals surface area contributed by atoms with Crippen LogP contribution in [0.3, 0.4) is 0 Å². The summed E-state index contributed by atoms with van der Waals surface area (Å²) in [6.45, 7) is 5.51. The minimum absolute atomic E-state index is 0. The van der Waals surface area contributed by atoms with Gasteiger partial charge in [-0.15, -0.1) is 12.4 Å². The number of carbonyl (C=O) groups excluding carboxylic acids is 1. The number of H-pyrrole nitrogens is 1. The van der Waals surface area contributed by atoms with Crippen molar-refractivity contribution in [2.75, 3.05) is 0 Å². The van der Waals surface area contributed by atoms with E-state index in [4.69, 9.17) is 10.5 Å². The highest BCUT2D eigenvalue weighted by molar-refractivity contribution is 5.85. The lowest BCUT2D eigenvalue weighted by Crippen LogP contribution is -2.38. The third kappa shape index (κ3) is 3.99. The maximum atomic E-state index is 11.9. The Balaban J connectivity index is 0.00000200. The predicted octanol–water partition coefficient (Wildman–Crippen LogP) is 2.80. The molecule has 1 aromatic heterocycles. The normalized spacial score (nSPS) is 12.8. The molecule has 1 aromatic carbocycles. The average Bonchev–Trinajstić information content (AvgIpc) is 2.70. The molecule has 0 amide bonds. The zero-order valence-corrected chi connectivity index (χ0v) is 12.8. The van der Waals surface area contributed by atoms with Crippen molar-refractivity contribution >= 4 is 29.3 Å². The van der Waals surface area contributed by atoms with Crippen LogP contribution in [-0.2, 0) is 16.0 Å². The lowest BCUT2D eigenvalue weighted by Gasteiger charge is -2.22. The number of halogens is 1. The molecule has 0 saturated heterocycles. The van der Waals surface area contributed by atoms with Crippen LogP contribution in [0, 0.1) is 0 Å². The fourth-order valence-corrected chi connectivity index (χ4v) is 2.00. The summed E-state index contributed by atoms with van der Waals surface area (Å²) < 4.78 is 5.29. The Labute approximate surface area is 125 Å². The second-order valence-corrected chi connectivity index (χ2v) is 5.70. The monoisotopic (exact) mass is 296 g/mol. The van der Waals surface area contributed by atoms with Crippen molar-refractivity contribution in [3.8, 4) is 0 Å². The van der Waals surface area contributed by atoms with E-state index in [0.717, 1.165) is 16.5 Å². The van der Waals surface area contributed by atoms with Gasteiger partial charge in [-0.05, 0) is 32.4 Å². The van der Waals surface area contributed by atoms with Crippen molar-refractivity contribution in [3.05, 3.63) is 36.0 Å². The van der Waals surface area contributed by atoms with E-state index in [2.05, 4.69) is 4.98 Å². The number of aromatic nitrogens is 1. The maximum Gasteiger partial charge on any atom is 0.323 e. The summed E-state index contributed by atoms with van der Waals surface area (Å²) in [5.41, 5.74) is 7.50. The van der Waals surface area contributed by atoms with Crippen molar-refractivity contribution in [2.45, 2.75) is 38.8 Å². The SMILES string of the molecule is CC(C)(C)OC(=O)[C@H](N)Cc1c[nH]c2ccccc12.Cl. The Morgan fingerprint density at radius 3 is 2.65 bits per heavy atom. The van der Waals surface area contributed by atoms with Crippen LogP contribution in [0.5, 0.6) is 0 Å². The number of ether oxygens (including phenoxy) is 1. The van der Waals surface area contributed by atoms with Crippen LogP contribution in [0.1, 0.15) is 26.3 Å². The molecule has 0 saturated carbocycles. The van der Waals surface area contributed by atoms with Crippen molar-refractivity contribution in [1.82, 2.24) is 4.98 Å². The van der Waals surface area contributed by atoms with E-state index in [9.17, 15) is 4.79 Å². The summed E-state index contributed by atoms with van der Waals surface area (Å²) in [6.07, 6.45) is 2.37. The van der Waals surface area contributed by atoms with Gasteiger partial charge < -0.3 is 15.5 Å². The summed E-state index contributed by atoms with van der Waals surface area (Å²) in [5.74, 6) is -0.363. The van der Waals surface area contributed by atoms with Gasteiger partial charge in [-0.25, -0.2) is 0 Å². The molecule has 0 bridgehead atoms. The molecule has 2 aromatic rings. The van der Waals surface area contributed by atoms with Gasteiger partial charge in [0.05, 0.1) is 0 Å². The topological polar surface area (TPSA) is 68.1 Å². The van der Waals surface area contributed by atoms with Crippen LogP contribution in [0.15, 0.2) is 30.5 Å². The van der Waals surface area contributed by atoms with Gasteiger partial charge in [-0.3, -0.25) is 4.79 Å². The van der Waals surface area contributed by atoms with Gasteiger partial charge in [0, 0.05) is 23.5 Å². The molecule has 4 nitrogen and oxygen atoms in total. The summed E-state index contributed by atoms with van der Waals surface area (Å²) >= 11 is 0. The van der Waals surface area contributed by atoms with E-state index in [1.54, 1.807) is 0 Å². The first kappa shape index (κ1) is 16.5. The van der Waals surface area contributed by atoms with Crippen LogP contribution in [-0.4, -0.2) is 22.6 Å². The minimum Gasteiger partial charge on any atom is -0.459 e. The number of hydrogen-bond acceptors (Lipinski definition) is 3. The first-order chi connectivity index (χ1) is 8.87. The number of carbonyl (C=O) groups is 1. The third-order valence-corrected chi connectivity index (χ3v) is 2.82. The smallest absolute Gasteiger partial charge is 0.323 e. The van der Waals surface area contributed by atoms with E-state index < -0.39 is 11.6 Å². The zero-order valence-electron chi connectivity index (χ0n) is 12.0. The van der Waals surface area contributed by atoms with Crippen LogP contribution < -0.4 is 5.73 Å². The summed E-state index contributed by atoms with van der Waals surface area (Å²) in [6, 6.07) is 7.31. The Bertz CT molecular complexity index is 587. The molecule has 1 heterocycles. The lowest BCUT2D eigenvalue weighted by molar-refractivity contribution is -0.156. The van der Waals surface area contributed by atoms with Gasteiger partial charge in [-0.1, -0.05) is 18.2 Å². The Kier molecular flexibility index (Phi) is 5.20. The van der Waals surface area contributed by atoms with E-state index in [1.165, 1.54) is 0 Å². The van der Waals surface area contributed by atoms with Crippen molar-refractivity contribution in [2.24, 2.45) is 5.73 Å². The van der Waals surface area contributed by atoms with E-state index >= 15 is 0 Å². The zero-order chi connectivity index (χ0) is 14.0.